The topological polar surface area (TPSA) is 95.3 Å². The number of aromatic nitrogens is 3. The summed E-state index contributed by atoms with van der Waals surface area (Å²) in [4.78, 5) is 35.3. The number of benzene rings is 2. The fourth-order valence-corrected chi connectivity index (χ4v) is 4.53. The highest BCUT2D eigenvalue weighted by Gasteiger charge is 2.22. The Kier molecular flexibility index (Phi) is 8.11. The molecular formula is C31H24F4N4O4. The fourth-order valence-electron chi connectivity index (χ4n) is 4.53. The van der Waals surface area contributed by atoms with Gasteiger partial charge in [-0.15, -0.1) is 0 Å². The fraction of sp³-hybridized carbons (Fsp3) is 0.161. The minimum atomic E-state index is -2.78. The zero-order valence-corrected chi connectivity index (χ0v) is 23.1. The first kappa shape index (κ1) is 29.2. The molecule has 0 saturated heterocycles. The Hall–Kier alpha value is -5.26. The minimum Gasteiger partial charge on any atom is -0.495 e. The van der Waals surface area contributed by atoms with E-state index in [0.29, 0.717) is 16.8 Å². The Morgan fingerprint density at radius 2 is 1.79 bits per heavy atom. The molecule has 43 heavy (non-hydrogen) atoms. The van der Waals surface area contributed by atoms with Crippen LogP contribution in [-0.4, -0.2) is 34.0 Å². The summed E-state index contributed by atoms with van der Waals surface area (Å²) in [6.45, 7) is 2.06. The van der Waals surface area contributed by atoms with Crippen molar-refractivity contribution in [2.75, 3.05) is 12.4 Å². The smallest absolute Gasteiger partial charge is 0.261 e. The molecule has 5 rings (SSSR count). The predicted molar refractivity (Wildman–Crippen MR) is 152 cm³/mol. The molecule has 1 N–H and O–H groups in total. The lowest BCUT2D eigenvalue weighted by Crippen LogP contribution is -2.28. The van der Waals surface area contributed by atoms with E-state index in [4.69, 9.17) is 9.47 Å². The standard InChI is InChI=1S/C31H24F4N4O4/c1-16-10-18(4-6-22(16)32)21-14-39(15-27(34)35)17(2)28(30(21)40)31(41)38-19-5-7-25(23(33)11-19)43-26-8-9-36-24-12-20(42-3)13-37-29(24)26/h4-14,27H,15H2,1-3H3,(H,38,41). The van der Waals surface area contributed by atoms with Crippen LogP contribution in [0.5, 0.6) is 17.2 Å². The number of amides is 1. The molecule has 0 fully saturated rings. The third-order valence-corrected chi connectivity index (χ3v) is 6.74. The van der Waals surface area contributed by atoms with Crippen molar-refractivity contribution in [2.45, 2.75) is 26.8 Å². The number of alkyl halides is 2. The third kappa shape index (κ3) is 6.03. The molecule has 0 saturated carbocycles. The van der Waals surface area contributed by atoms with E-state index in [0.717, 1.165) is 16.7 Å². The first-order valence-electron chi connectivity index (χ1n) is 12.9. The number of methoxy groups -OCH3 is 1. The number of aryl methyl sites for hydroxylation is 1. The number of halogens is 4. The lowest BCUT2D eigenvalue weighted by molar-refractivity contribution is 0.102. The van der Waals surface area contributed by atoms with Crippen LogP contribution in [0.15, 0.2) is 71.9 Å². The van der Waals surface area contributed by atoms with E-state index in [1.807, 2.05) is 0 Å². The number of carbonyl (C=O) groups excluding carboxylic acids is 1. The van der Waals surface area contributed by atoms with Crippen LogP contribution < -0.4 is 20.2 Å². The van der Waals surface area contributed by atoms with Crippen molar-refractivity contribution in [1.29, 1.82) is 0 Å². The summed E-state index contributed by atoms with van der Waals surface area (Å²) in [6.07, 6.45) is 1.37. The van der Waals surface area contributed by atoms with Gasteiger partial charge < -0.3 is 19.4 Å². The lowest BCUT2D eigenvalue weighted by Gasteiger charge is -2.17. The molecule has 0 atom stereocenters. The number of hydrogen-bond acceptors (Lipinski definition) is 6. The molecule has 0 aliphatic heterocycles. The van der Waals surface area contributed by atoms with Gasteiger partial charge >= 0.3 is 0 Å². The molecule has 1 amide bonds. The van der Waals surface area contributed by atoms with Gasteiger partial charge in [-0.3, -0.25) is 14.6 Å². The molecule has 0 bridgehead atoms. The number of carbonyl (C=O) groups is 1. The van der Waals surface area contributed by atoms with Crippen molar-refractivity contribution < 1.29 is 31.8 Å². The maximum absolute atomic E-state index is 15.1. The minimum absolute atomic E-state index is 0.0143. The maximum atomic E-state index is 15.1. The molecule has 0 aliphatic carbocycles. The summed E-state index contributed by atoms with van der Waals surface area (Å²) in [5.74, 6) is -1.74. The molecule has 3 heterocycles. The Morgan fingerprint density at radius 3 is 2.49 bits per heavy atom. The molecule has 3 aromatic heterocycles. The van der Waals surface area contributed by atoms with Crippen LogP contribution in [0.1, 0.15) is 21.6 Å². The highest BCUT2D eigenvalue weighted by molar-refractivity contribution is 6.05. The number of ether oxygens (including phenoxy) is 2. The van der Waals surface area contributed by atoms with Crippen LogP contribution in [0.2, 0.25) is 0 Å². The van der Waals surface area contributed by atoms with Crippen LogP contribution in [0.25, 0.3) is 22.2 Å². The van der Waals surface area contributed by atoms with Crippen LogP contribution in [-0.2, 0) is 6.54 Å². The second-order valence-electron chi connectivity index (χ2n) is 9.59. The average Bonchev–Trinajstić information content (AvgIpc) is 2.97. The Bertz CT molecular complexity index is 1930. The van der Waals surface area contributed by atoms with Crippen molar-refractivity contribution in [1.82, 2.24) is 14.5 Å². The van der Waals surface area contributed by atoms with Gasteiger partial charge in [-0.25, -0.2) is 22.5 Å². The van der Waals surface area contributed by atoms with Crippen LogP contribution in [0.4, 0.5) is 23.2 Å². The number of anilines is 1. The molecule has 220 valence electrons. The number of rotatable bonds is 8. The van der Waals surface area contributed by atoms with Crippen LogP contribution in [0.3, 0.4) is 0 Å². The second-order valence-corrected chi connectivity index (χ2v) is 9.59. The van der Waals surface area contributed by atoms with E-state index in [-0.39, 0.29) is 39.6 Å². The van der Waals surface area contributed by atoms with Gasteiger partial charge in [0.25, 0.3) is 12.3 Å². The van der Waals surface area contributed by atoms with Crippen molar-refractivity contribution in [3.8, 4) is 28.4 Å². The van der Waals surface area contributed by atoms with Crippen molar-refractivity contribution >= 4 is 22.6 Å². The number of fused-ring (bicyclic) bond motifs is 1. The van der Waals surface area contributed by atoms with E-state index < -0.39 is 41.5 Å². The largest absolute Gasteiger partial charge is 0.495 e. The molecule has 0 aliphatic rings. The monoisotopic (exact) mass is 592 g/mol. The first-order chi connectivity index (χ1) is 20.5. The second kappa shape index (κ2) is 11.9. The molecule has 0 spiro atoms. The van der Waals surface area contributed by atoms with Gasteiger partial charge in [0.2, 0.25) is 5.43 Å². The molecule has 5 aromatic rings. The molecule has 0 radical (unpaired) electrons. The van der Waals surface area contributed by atoms with Gasteiger partial charge in [0.05, 0.1) is 25.4 Å². The van der Waals surface area contributed by atoms with E-state index in [1.54, 1.807) is 6.07 Å². The summed E-state index contributed by atoms with van der Waals surface area (Å²) < 4.78 is 67.7. The molecule has 0 unspecified atom stereocenters. The SMILES string of the molecule is COc1cnc2c(Oc3ccc(NC(=O)c4c(C)n(CC(F)F)cc(-c5ccc(F)c(C)c5)c4=O)cc3F)ccnc2c1. The molecule has 8 nitrogen and oxygen atoms in total. The number of nitrogens with zero attached hydrogens (tertiary/aromatic N) is 3. The Morgan fingerprint density at radius 1 is 1.00 bits per heavy atom. The normalized spacial score (nSPS) is 11.2. The molecular weight excluding hydrogens is 568 g/mol. The highest BCUT2D eigenvalue weighted by Crippen LogP contribution is 2.32. The van der Waals surface area contributed by atoms with E-state index >= 15 is 4.39 Å². The number of pyridine rings is 3. The van der Waals surface area contributed by atoms with Crippen molar-refractivity contribution in [3.05, 3.63) is 106 Å². The van der Waals surface area contributed by atoms with Crippen molar-refractivity contribution in [2.24, 2.45) is 0 Å². The Balaban J connectivity index is 1.46. The number of nitrogens with one attached hydrogen (secondary N) is 1. The summed E-state index contributed by atoms with van der Waals surface area (Å²) >= 11 is 0. The third-order valence-electron chi connectivity index (χ3n) is 6.74. The van der Waals surface area contributed by atoms with E-state index in [2.05, 4.69) is 15.3 Å². The summed E-state index contributed by atoms with van der Waals surface area (Å²) in [6, 6.07) is 10.7. The summed E-state index contributed by atoms with van der Waals surface area (Å²) in [7, 11) is 1.49. The van der Waals surface area contributed by atoms with Gasteiger partial charge in [-0.2, -0.15) is 0 Å². The lowest BCUT2D eigenvalue weighted by atomic mass is 10.0. The zero-order valence-electron chi connectivity index (χ0n) is 23.1. The maximum Gasteiger partial charge on any atom is 0.261 e. The van der Waals surface area contributed by atoms with Gasteiger partial charge in [-0.05, 0) is 49.2 Å². The van der Waals surface area contributed by atoms with E-state index in [1.165, 1.54) is 69.9 Å². The zero-order chi connectivity index (χ0) is 30.8. The number of hydrogen-bond donors (Lipinski definition) is 1. The van der Waals surface area contributed by atoms with Gasteiger partial charge in [0.15, 0.2) is 17.3 Å². The molecule has 2 aromatic carbocycles. The van der Waals surface area contributed by atoms with Crippen LogP contribution >= 0.6 is 0 Å². The van der Waals surface area contributed by atoms with Gasteiger partial charge in [0, 0.05) is 47.5 Å². The summed E-state index contributed by atoms with van der Waals surface area (Å²) in [5.41, 5.74) is 0.0662. The summed E-state index contributed by atoms with van der Waals surface area (Å²) in [5, 5.41) is 2.46. The van der Waals surface area contributed by atoms with Gasteiger partial charge in [0.1, 0.15) is 22.6 Å². The average molecular weight is 593 g/mol. The Labute approximate surface area is 242 Å². The first-order valence-corrected chi connectivity index (χ1v) is 12.9. The van der Waals surface area contributed by atoms with Gasteiger partial charge in [-0.1, -0.05) is 6.07 Å². The highest BCUT2D eigenvalue weighted by atomic mass is 19.3. The predicted octanol–water partition coefficient (Wildman–Crippen LogP) is 6.67. The quantitative estimate of drug-likeness (QED) is 0.202. The van der Waals surface area contributed by atoms with E-state index in [9.17, 15) is 22.8 Å². The van der Waals surface area contributed by atoms with Crippen LogP contribution in [0, 0.1) is 25.5 Å². The van der Waals surface area contributed by atoms with Crippen molar-refractivity contribution in [3.63, 3.8) is 0 Å². The molecule has 12 heteroatoms.